The van der Waals surface area contributed by atoms with E-state index in [2.05, 4.69) is 0 Å². The number of carbonyl (C=O) groups is 1. The molecule has 0 aliphatic carbocycles. The zero-order valence-corrected chi connectivity index (χ0v) is 12.7. The maximum atomic E-state index is 12.5. The topological polar surface area (TPSA) is 20.3 Å². The van der Waals surface area contributed by atoms with Gasteiger partial charge in [0.2, 0.25) is 0 Å². The van der Waals surface area contributed by atoms with Crippen molar-refractivity contribution >= 4 is 40.3 Å². The van der Waals surface area contributed by atoms with Gasteiger partial charge in [0.15, 0.2) is 0 Å². The Bertz CT molecular complexity index is 593. The van der Waals surface area contributed by atoms with Crippen LogP contribution in [0.3, 0.4) is 0 Å². The molecule has 0 N–H and O–H groups in total. The van der Waals surface area contributed by atoms with Crippen LogP contribution in [-0.4, -0.2) is 21.7 Å². The first-order valence-electron chi connectivity index (χ1n) is 6.25. The highest BCUT2D eigenvalue weighted by Gasteiger charge is 2.32. The third kappa shape index (κ3) is 3.65. The molecular weight excluding hydrogens is 319 g/mol. The van der Waals surface area contributed by atoms with Crippen LogP contribution < -0.4 is 0 Å². The van der Waals surface area contributed by atoms with Gasteiger partial charge in [0.1, 0.15) is 4.32 Å². The summed E-state index contributed by atoms with van der Waals surface area (Å²) in [6.45, 7) is 2.49. The number of alkyl halides is 3. The lowest BCUT2D eigenvalue weighted by Crippen LogP contribution is -2.28. The number of amides is 1. The van der Waals surface area contributed by atoms with Gasteiger partial charge >= 0.3 is 6.18 Å². The van der Waals surface area contributed by atoms with Crippen molar-refractivity contribution in [1.29, 1.82) is 0 Å². The molecule has 1 aliphatic rings. The van der Waals surface area contributed by atoms with Crippen molar-refractivity contribution in [1.82, 2.24) is 4.90 Å². The van der Waals surface area contributed by atoms with Crippen molar-refractivity contribution in [3.8, 4) is 0 Å². The van der Waals surface area contributed by atoms with Crippen molar-refractivity contribution in [2.24, 2.45) is 0 Å². The summed E-state index contributed by atoms with van der Waals surface area (Å²) in [7, 11) is 0. The van der Waals surface area contributed by atoms with E-state index in [9.17, 15) is 18.0 Å². The van der Waals surface area contributed by atoms with E-state index in [1.54, 1.807) is 6.08 Å². The van der Waals surface area contributed by atoms with Gasteiger partial charge in [0.25, 0.3) is 5.91 Å². The van der Waals surface area contributed by atoms with Gasteiger partial charge in [-0.2, -0.15) is 13.2 Å². The maximum Gasteiger partial charge on any atom is 0.416 e. The van der Waals surface area contributed by atoms with Crippen LogP contribution in [0.5, 0.6) is 0 Å². The minimum atomic E-state index is -4.36. The third-order valence-corrected chi connectivity index (χ3v) is 4.23. The zero-order valence-electron chi connectivity index (χ0n) is 11.1. The van der Waals surface area contributed by atoms with E-state index in [0.717, 1.165) is 18.6 Å². The van der Waals surface area contributed by atoms with Crippen LogP contribution in [-0.2, 0) is 11.0 Å². The quantitative estimate of drug-likeness (QED) is 0.608. The molecule has 1 amide bonds. The van der Waals surface area contributed by atoms with Gasteiger partial charge in [0.05, 0.1) is 10.5 Å². The number of benzene rings is 1. The van der Waals surface area contributed by atoms with Gasteiger partial charge in [-0.15, -0.1) is 0 Å². The first-order valence-corrected chi connectivity index (χ1v) is 7.48. The highest BCUT2D eigenvalue weighted by atomic mass is 32.2. The van der Waals surface area contributed by atoms with Crippen molar-refractivity contribution < 1.29 is 18.0 Å². The molecule has 1 aliphatic heterocycles. The number of nitrogens with zero attached hydrogens (tertiary/aromatic N) is 1. The summed E-state index contributed by atoms with van der Waals surface area (Å²) in [5.74, 6) is -0.188. The largest absolute Gasteiger partial charge is 0.416 e. The average Bonchev–Trinajstić information content (AvgIpc) is 2.66. The van der Waals surface area contributed by atoms with Crippen LogP contribution in [0.2, 0.25) is 0 Å². The van der Waals surface area contributed by atoms with Crippen LogP contribution >= 0.6 is 24.0 Å². The molecule has 0 radical (unpaired) electrons. The van der Waals surface area contributed by atoms with Gasteiger partial charge in [0, 0.05) is 6.54 Å². The molecule has 21 heavy (non-hydrogen) atoms. The SMILES string of the molecule is CCCN1C(=O)/C(=C\c2ccc(C(F)(F)F)cc2)SC1=S. The molecule has 1 aromatic rings. The lowest BCUT2D eigenvalue weighted by molar-refractivity contribution is -0.137. The summed E-state index contributed by atoms with van der Waals surface area (Å²) in [6.07, 6.45) is -2.00. The lowest BCUT2D eigenvalue weighted by Gasteiger charge is -2.11. The molecule has 0 saturated carbocycles. The standard InChI is InChI=1S/C14H12F3NOS2/c1-2-7-18-12(19)11(21-13(18)20)8-9-3-5-10(6-4-9)14(15,16)17/h3-6,8H,2,7H2,1H3/b11-8+. The minimum absolute atomic E-state index is 0.188. The fourth-order valence-electron chi connectivity index (χ4n) is 1.84. The van der Waals surface area contributed by atoms with E-state index < -0.39 is 11.7 Å². The van der Waals surface area contributed by atoms with E-state index in [4.69, 9.17) is 12.2 Å². The van der Waals surface area contributed by atoms with Crippen molar-refractivity contribution in [2.75, 3.05) is 6.54 Å². The second-order valence-electron chi connectivity index (χ2n) is 4.45. The molecule has 1 aromatic carbocycles. The summed E-state index contributed by atoms with van der Waals surface area (Å²) >= 11 is 6.30. The smallest absolute Gasteiger partial charge is 0.293 e. The van der Waals surface area contributed by atoms with E-state index in [-0.39, 0.29) is 5.91 Å². The van der Waals surface area contributed by atoms with Gasteiger partial charge in [-0.3, -0.25) is 9.69 Å². The Kier molecular flexibility index (Phi) is 4.73. The molecule has 2 rings (SSSR count). The van der Waals surface area contributed by atoms with Crippen LogP contribution in [0.25, 0.3) is 6.08 Å². The Morgan fingerprint density at radius 2 is 1.90 bits per heavy atom. The minimum Gasteiger partial charge on any atom is -0.293 e. The van der Waals surface area contributed by atoms with Gasteiger partial charge in [-0.05, 0) is 30.2 Å². The highest BCUT2D eigenvalue weighted by molar-refractivity contribution is 8.26. The Morgan fingerprint density at radius 1 is 1.29 bits per heavy atom. The van der Waals surface area contributed by atoms with Crippen LogP contribution in [0.4, 0.5) is 13.2 Å². The number of thiocarbonyl (C=S) groups is 1. The molecule has 0 atom stereocenters. The monoisotopic (exact) mass is 331 g/mol. The van der Waals surface area contributed by atoms with Crippen LogP contribution in [0.1, 0.15) is 24.5 Å². The number of carbonyl (C=O) groups excluding carboxylic acids is 1. The van der Waals surface area contributed by atoms with Crippen LogP contribution in [0, 0.1) is 0 Å². The lowest BCUT2D eigenvalue weighted by atomic mass is 10.1. The number of rotatable bonds is 3. The number of hydrogen-bond donors (Lipinski definition) is 0. The molecule has 1 saturated heterocycles. The summed E-state index contributed by atoms with van der Waals surface area (Å²) in [5.41, 5.74) is -0.168. The fraction of sp³-hybridized carbons (Fsp3) is 0.286. The van der Waals surface area contributed by atoms with E-state index in [1.165, 1.54) is 28.8 Å². The molecule has 1 fully saturated rings. The third-order valence-electron chi connectivity index (χ3n) is 2.86. The Morgan fingerprint density at radius 3 is 2.43 bits per heavy atom. The van der Waals surface area contributed by atoms with Gasteiger partial charge in [-0.1, -0.05) is 43.0 Å². The molecule has 0 spiro atoms. The van der Waals surface area contributed by atoms with E-state index in [1.807, 2.05) is 6.92 Å². The number of thioether (sulfide) groups is 1. The number of hydrogen-bond acceptors (Lipinski definition) is 3. The highest BCUT2D eigenvalue weighted by Crippen LogP contribution is 2.33. The predicted molar refractivity (Wildman–Crippen MR) is 81.6 cm³/mol. The van der Waals surface area contributed by atoms with Crippen molar-refractivity contribution in [2.45, 2.75) is 19.5 Å². The summed E-state index contributed by atoms with van der Waals surface area (Å²) in [4.78, 5) is 14.1. The molecule has 0 aromatic heterocycles. The Labute approximate surface area is 130 Å². The molecule has 0 bridgehead atoms. The van der Waals surface area contributed by atoms with Gasteiger partial charge in [-0.25, -0.2) is 0 Å². The molecule has 112 valence electrons. The summed E-state index contributed by atoms with van der Waals surface area (Å²) in [6, 6.07) is 4.68. The average molecular weight is 331 g/mol. The molecular formula is C14H12F3NOS2. The van der Waals surface area contributed by atoms with Crippen molar-refractivity contribution in [3.05, 3.63) is 40.3 Å². The predicted octanol–water partition coefficient (Wildman–Crippen LogP) is 4.32. The fourth-order valence-corrected chi connectivity index (χ4v) is 3.14. The molecule has 2 nitrogen and oxygen atoms in total. The normalized spacial score (nSPS) is 17.9. The zero-order chi connectivity index (χ0) is 15.6. The summed E-state index contributed by atoms with van der Waals surface area (Å²) < 4.78 is 37.9. The maximum absolute atomic E-state index is 12.5. The number of halogens is 3. The van der Waals surface area contributed by atoms with Crippen LogP contribution in [0.15, 0.2) is 29.2 Å². The second kappa shape index (κ2) is 6.19. The first kappa shape index (κ1) is 16.0. The van der Waals surface area contributed by atoms with Gasteiger partial charge < -0.3 is 0 Å². The first-order chi connectivity index (χ1) is 9.82. The summed E-state index contributed by atoms with van der Waals surface area (Å²) in [5, 5.41) is 0. The van der Waals surface area contributed by atoms with E-state index >= 15 is 0 Å². The Hall–Kier alpha value is -1.34. The second-order valence-corrected chi connectivity index (χ2v) is 6.13. The molecule has 1 heterocycles. The van der Waals surface area contributed by atoms with E-state index in [0.29, 0.717) is 21.3 Å². The van der Waals surface area contributed by atoms with Crippen molar-refractivity contribution in [3.63, 3.8) is 0 Å². The molecule has 7 heteroatoms. The molecule has 0 unspecified atom stereocenters. The Balaban J connectivity index is 2.21.